The molecule has 69 heavy (non-hydrogen) atoms. The number of aryl methyl sites for hydroxylation is 6. The Morgan fingerprint density at radius 1 is 0.710 bits per heavy atom. The molecule has 4 nitrogen and oxygen atoms in total. The van der Waals surface area contributed by atoms with E-state index in [4.69, 9.17) is 8.22 Å². The van der Waals surface area contributed by atoms with Gasteiger partial charge in [-0.15, -0.1) is 69.7 Å². The molecule has 6 aromatic rings. The molecule has 0 aliphatic heterocycles. The van der Waals surface area contributed by atoms with Crippen molar-refractivity contribution in [1.82, 2.24) is 9.97 Å². The Bertz CT molecular complexity index is 2850. The van der Waals surface area contributed by atoms with Gasteiger partial charge in [0.2, 0.25) is 0 Å². The number of rotatable bonds is 14. The van der Waals surface area contributed by atoms with Gasteiger partial charge in [0.05, 0.1) is 11.2 Å². The fourth-order valence-corrected chi connectivity index (χ4v) is 10.4. The van der Waals surface area contributed by atoms with Crippen LogP contribution in [0.15, 0.2) is 84.7 Å². The molecule has 0 bridgehead atoms. The number of alkyl halides is 1. The Kier molecular flexibility index (Phi) is 17.4. The molecule has 1 atom stereocenters. The summed E-state index contributed by atoms with van der Waals surface area (Å²) in [6.07, 6.45) is 16.2. The molecule has 0 amide bonds. The van der Waals surface area contributed by atoms with Crippen molar-refractivity contribution in [2.75, 3.05) is 0 Å². The van der Waals surface area contributed by atoms with Crippen molar-refractivity contribution in [2.24, 2.45) is 23.7 Å². The maximum Gasteiger partial charge on any atom is 0.162 e. The number of aliphatic hydroxyl groups excluding tert-OH is 1. The number of allylic oxidation sites excluding steroid dienone is 2. The quantitative estimate of drug-likeness (QED) is 0.0671. The number of hydrogen-bond acceptors (Lipinski definition) is 4. The third kappa shape index (κ3) is 15.5. The monoisotopic (exact) mass is 1110 g/mol. The summed E-state index contributed by atoms with van der Waals surface area (Å²) in [5.41, 5.74) is 9.73. The van der Waals surface area contributed by atoms with Crippen LogP contribution in [0.4, 0.5) is 4.39 Å². The first-order chi connectivity index (χ1) is 34.9. The van der Waals surface area contributed by atoms with Crippen LogP contribution in [-0.2, 0) is 37.7 Å². The first-order valence-electron chi connectivity index (χ1n) is 28.4. The van der Waals surface area contributed by atoms with Crippen LogP contribution in [-0.4, -0.2) is 26.5 Å². The molecule has 1 unspecified atom stereocenters. The molecular formula is C63H79FIrN2O2-2. The number of carbonyl (C=O) groups is 1. The fraction of sp³-hybridized carbons (Fsp3) is 0.476. The van der Waals surface area contributed by atoms with Gasteiger partial charge in [-0.05, 0) is 148 Å². The molecule has 2 heterocycles. The minimum absolute atomic E-state index is 0. The maximum absolute atomic E-state index is 13.6. The van der Waals surface area contributed by atoms with Crippen LogP contribution in [0.3, 0.4) is 0 Å². The number of carbonyl (C=O) groups excluding carboxylic acids is 1. The van der Waals surface area contributed by atoms with E-state index < -0.39 is 5.67 Å². The average Bonchev–Trinajstić information content (AvgIpc) is 4.07. The number of aliphatic hydroxyl groups is 1. The van der Waals surface area contributed by atoms with Gasteiger partial charge in [-0.1, -0.05) is 124 Å². The van der Waals surface area contributed by atoms with Gasteiger partial charge in [0, 0.05) is 50.4 Å². The van der Waals surface area contributed by atoms with Gasteiger partial charge in [0.25, 0.3) is 0 Å². The van der Waals surface area contributed by atoms with Crippen molar-refractivity contribution < 1.29 is 42.6 Å². The molecule has 1 N–H and O–H groups in total. The van der Waals surface area contributed by atoms with Gasteiger partial charge >= 0.3 is 0 Å². The normalized spacial score (nSPS) is 16.1. The first-order valence-corrected chi connectivity index (χ1v) is 25.4. The summed E-state index contributed by atoms with van der Waals surface area (Å²) in [6, 6.07) is 19.9. The van der Waals surface area contributed by atoms with E-state index in [1.807, 2.05) is 60.6 Å². The average molecular weight is 1110 g/mol. The molecule has 2 aliphatic carbocycles. The Labute approximate surface area is 437 Å². The van der Waals surface area contributed by atoms with Crippen molar-refractivity contribution >= 4 is 27.3 Å². The molecule has 371 valence electrons. The fourth-order valence-electron chi connectivity index (χ4n) is 10.4. The third-order valence-electron chi connectivity index (χ3n) is 14.1. The van der Waals surface area contributed by atoms with Gasteiger partial charge in [0.15, 0.2) is 5.78 Å². The number of nitrogens with zero attached hydrogens (tertiary/aromatic N) is 2. The van der Waals surface area contributed by atoms with Crippen LogP contribution < -0.4 is 0 Å². The third-order valence-corrected chi connectivity index (χ3v) is 14.1. The summed E-state index contributed by atoms with van der Waals surface area (Å²) < 4.78 is 63.9. The predicted octanol–water partition coefficient (Wildman–Crippen LogP) is 17.3. The van der Waals surface area contributed by atoms with Crippen LogP contribution in [0, 0.1) is 77.3 Å². The zero-order valence-electron chi connectivity index (χ0n) is 49.2. The number of fused-ring (bicyclic) bond motifs is 2. The van der Waals surface area contributed by atoms with E-state index in [-0.39, 0.29) is 74.3 Å². The molecule has 2 aliphatic rings. The molecule has 8 rings (SSSR count). The van der Waals surface area contributed by atoms with E-state index in [1.54, 1.807) is 0 Å². The largest absolute Gasteiger partial charge is 0.512 e. The Balaban J connectivity index is 0.000000213. The van der Waals surface area contributed by atoms with Crippen LogP contribution in [0.2, 0.25) is 0 Å². The number of hydrogen-bond donors (Lipinski definition) is 1. The van der Waals surface area contributed by atoms with Crippen LogP contribution >= 0.6 is 0 Å². The second-order valence-electron chi connectivity index (χ2n) is 20.5. The maximum atomic E-state index is 13.6. The van der Waals surface area contributed by atoms with Crippen LogP contribution in [0.5, 0.6) is 0 Å². The summed E-state index contributed by atoms with van der Waals surface area (Å²) in [4.78, 5) is 20.7. The Morgan fingerprint density at radius 2 is 1.12 bits per heavy atom. The molecule has 1 radical (unpaired) electrons. The summed E-state index contributed by atoms with van der Waals surface area (Å²) in [7, 11) is 0. The molecular weight excluding hydrogens is 1030 g/mol. The summed E-state index contributed by atoms with van der Waals surface area (Å²) in [5.74, 6) is 1.13. The van der Waals surface area contributed by atoms with E-state index in [0.29, 0.717) is 41.0 Å². The molecule has 0 spiro atoms. The Hall–Kier alpha value is -4.51. The topological polar surface area (TPSA) is 63.1 Å². The van der Waals surface area contributed by atoms with E-state index in [2.05, 4.69) is 60.2 Å². The van der Waals surface area contributed by atoms with Crippen molar-refractivity contribution in [3.63, 3.8) is 0 Å². The van der Waals surface area contributed by atoms with E-state index >= 15 is 0 Å². The predicted molar refractivity (Wildman–Crippen MR) is 285 cm³/mol. The molecule has 0 saturated heterocycles. The van der Waals surface area contributed by atoms with E-state index in [1.165, 1.54) is 93.5 Å². The van der Waals surface area contributed by atoms with Crippen molar-refractivity contribution in [3.05, 3.63) is 141 Å². The second kappa shape index (κ2) is 25.6. The standard InChI is InChI=1S/2C24H26N.C15H27FO2.Ir/c2*1-16-10-17(2)12-22(11-16)24-23-13-18(3)21(14-19-6-4-5-7-19)15-20(23)8-9-25-24;1-6-11(7-2)13(17)9-14(18)12(8-3)10-15(4,5)16;/h2*8-11,13,15,19H,4-7,14H2,1-3H3;9,11-12,18H,6-8,10H2,1-5H3;/q2*-1;;/b;;14-9-;/i2*8D,9D,11D;;. The molecule has 2 saturated carbocycles. The zero-order chi connectivity index (χ0) is 54.3. The number of ketones is 1. The van der Waals surface area contributed by atoms with Crippen molar-refractivity contribution in [1.29, 1.82) is 0 Å². The molecule has 2 aromatic heterocycles. The number of pyridine rings is 2. The van der Waals surface area contributed by atoms with E-state index in [0.717, 1.165) is 81.3 Å². The summed E-state index contributed by atoms with van der Waals surface area (Å²) in [6.45, 7) is 20.8. The van der Waals surface area contributed by atoms with Crippen molar-refractivity contribution in [3.8, 4) is 22.5 Å². The van der Waals surface area contributed by atoms with Gasteiger partial charge < -0.3 is 15.1 Å². The number of benzene rings is 4. The van der Waals surface area contributed by atoms with E-state index in [9.17, 15) is 14.3 Å². The Morgan fingerprint density at radius 3 is 1.49 bits per heavy atom. The minimum Gasteiger partial charge on any atom is -0.512 e. The van der Waals surface area contributed by atoms with Gasteiger partial charge in [-0.2, -0.15) is 0 Å². The van der Waals surface area contributed by atoms with Crippen LogP contribution in [0.1, 0.15) is 164 Å². The van der Waals surface area contributed by atoms with Gasteiger partial charge in [0.1, 0.15) is 5.67 Å². The smallest absolute Gasteiger partial charge is 0.162 e. The summed E-state index contributed by atoms with van der Waals surface area (Å²) in [5, 5.41) is 13.2. The zero-order valence-corrected chi connectivity index (χ0v) is 45.6. The molecule has 2 fully saturated rings. The van der Waals surface area contributed by atoms with Gasteiger partial charge in [-0.3, -0.25) is 4.79 Å². The SMILES string of the molecule is CCC(CC)C(=O)/C=C(\O)C(CC)CC(C)(C)F.[2H]c1nc(-c2[c-]c(C)cc(C)c2[2H])c2cc(C)c(CC3CCCC3)cc2c1[2H].[2H]c1nc(-c2[c-]c(C)cc(C)c2[2H])c2cc(C)c(CC3CCCC3)cc2c1[2H].[Ir]. The number of halogens is 1. The first kappa shape index (κ1) is 46.8. The van der Waals surface area contributed by atoms with Gasteiger partial charge in [-0.25, -0.2) is 4.39 Å². The van der Waals surface area contributed by atoms with Crippen LogP contribution in [0.25, 0.3) is 44.1 Å². The minimum atomic E-state index is -1.33. The molecule has 6 heteroatoms. The molecule has 4 aromatic carbocycles. The van der Waals surface area contributed by atoms with Crippen molar-refractivity contribution in [2.45, 2.75) is 172 Å². The summed E-state index contributed by atoms with van der Waals surface area (Å²) >= 11 is 0. The number of aromatic nitrogens is 2. The second-order valence-corrected chi connectivity index (χ2v) is 20.5.